The van der Waals surface area contributed by atoms with Gasteiger partial charge in [0, 0.05) is 31.5 Å². The minimum absolute atomic E-state index is 0.692. The maximum absolute atomic E-state index is 4.46. The molecular weight excluding hydrogens is 310 g/mol. The molecule has 1 aromatic carbocycles. The second-order valence-corrected chi connectivity index (χ2v) is 5.92. The number of aryl methyl sites for hydroxylation is 2. The summed E-state index contributed by atoms with van der Waals surface area (Å²) >= 11 is 0. The van der Waals surface area contributed by atoms with Gasteiger partial charge < -0.3 is 10.6 Å². The maximum atomic E-state index is 4.46. The number of rotatable bonds is 8. The first-order chi connectivity index (χ1) is 12.3. The Balaban J connectivity index is 1.50. The number of benzene rings is 1. The van der Waals surface area contributed by atoms with Crippen molar-refractivity contribution in [2.45, 2.75) is 26.3 Å². The molecule has 3 rings (SSSR count). The molecule has 0 aliphatic heterocycles. The number of hydrogen-bond acceptors (Lipinski definition) is 5. The van der Waals surface area contributed by atoms with Gasteiger partial charge in [0.25, 0.3) is 0 Å². The molecule has 2 N–H and O–H groups in total. The first kappa shape index (κ1) is 16.9. The lowest BCUT2D eigenvalue weighted by Crippen LogP contribution is -2.08. The molecule has 0 saturated heterocycles. The molecule has 0 bridgehead atoms. The first-order valence-corrected chi connectivity index (χ1v) is 8.56. The van der Waals surface area contributed by atoms with Crippen LogP contribution in [0.3, 0.4) is 0 Å². The predicted octanol–water partition coefficient (Wildman–Crippen LogP) is 3.84. The Morgan fingerprint density at radius 3 is 2.40 bits per heavy atom. The standard InChI is InChI=1S/C20H23N5/c1-16-24-19(22-12-6-9-17-7-3-2-4-8-17)13-20(25-16)23-15-18-10-5-11-21-14-18/h2-5,7-8,10-11,13-14H,6,9,12,15H2,1H3,(H2,22,23,24,25). The van der Waals surface area contributed by atoms with Crippen molar-refractivity contribution < 1.29 is 0 Å². The van der Waals surface area contributed by atoms with Crippen LogP contribution in [0.1, 0.15) is 23.4 Å². The summed E-state index contributed by atoms with van der Waals surface area (Å²) in [4.78, 5) is 13.0. The van der Waals surface area contributed by atoms with E-state index >= 15 is 0 Å². The fourth-order valence-corrected chi connectivity index (χ4v) is 2.60. The zero-order chi connectivity index (χ0) is 17.3. The van der Waals surface area contributed by atoms with Crippen molar-refractivity contribution >= 4 is 11.6 Å². The molecule has 0 amide bonds. The van der Waals surface area contributed by atoms with E-state index in [-0.39, 0.29) is 0 Å². The van der Waals surface area contributed by atoms with Crippen molar-refractivity contribution in [3.05, 3.63) is 77.9 Å². The number of anilines is 2. The average molecular weight is 333 g/mol. The average Bonchev–Trinajstić information content (AvgIpc) is 2.65. The van der Waals surface area contributed by atoms with Crippen LogP contribution in [0.25, 0.3) is 0 Å². The molecule has 128 valence electrons. The minimum Gasteiger partial charge on any atom is -0.370 e. The van der Waals surface area contributed by atoms with E-state index in [4.69, 9.17) is 0 Å². The molecule has 3 aromatic rings. The number of hydrogen-bond donors (Lipinski definition) is 2. The van der Waals surface area contributed by atoms with Crippen LogP contribution < -0.4 is 10.6 Å². The van der Waals surface area contributed by atoms with Crippen LogP contribution in [0.2, 0.25) is 0 Å². The molecule has 0 saturated carbocycles. The van der Waals surface area contributed by atoms with Gasteiger partial charge in [0.1, 0.15) is 17.5 Å². The van der Waals surface area contributed by atoms with Crippen molar-refractivity contribution in [2.24, 2.45) is 0 Å². The van der Waals surface area contributed by atoms with Gasteiger partial charge in [-0.25, -0.2) is 9.97 Å². The second kappa shape index (κ2) is 8.78. The summed E-state index contributed by atoms with van der Waals surface area (Å²) in [6.07, 6.45) is 5.75. The molecule has 25 heavy (non-hydrogen) atoms. The second-order valence-electron chi connectivity index (χ2n) is 5.92. The lowest BCUT2D eigenvalue weighted by Gasteiger charge is -2.10. The lowest BCUT2D eigenvalue weighted by atomic mass is 10.1. The highest BCUT2D eigenvalue weighted by molar-refractivity contribution is 5.47. The van der Waals surface area contributed by atoms with E-state index in [9.17, 15) is 0 Å². The van der Waals surface area contributed by atoms with E-state index < -0.39 is 0 Å². The van der Waals surface area contributed by atoms with Gasteiger partial charge in [-0.1, -0.05) is 36.4 Å². The Hall–Kier alpha value is -2.95. The Labute approximate surface area is 148 Å². The summed E-state index contributed by atoms with van der Waals surface area (Å²) in [5, 5.41) is 6.72. The van der Waals surface area contributed by atoms with Crippen LogP contribution in [-0.4, -0.2) is 21.5 Å². The predicted molar refractivity (Wildman–Crippen MR) is 102 cm³/mol. The fourth-order valence-electron chi connectivity index (χ4n) is 2.60. The highest BCUT2D eigenvalue weighted by Crippen LogP contribution is 2.13. The van der Waals surface area contributed by atoms with Crippen molar-refractivity contribution in [1.29, 1.82) is 0 Å². The maximum Gasteiger partial charge on any atom is 0.132 e. The van der Waals surface area contributed by atoms with Gasteiger partial charge in [0.15, 0.2) is 0 Å². The van der Waals surface area contributed by atoms with Crippen molar-refractivity contribution in [3.63, 3.8) is 0 Å². The molecule has 0 atom stereocenters. The molecule has 5 nitrogen and oxygen atoms in total. The largest absolute Gasteiger partial charge is 0.370 e. The molecule has 0 aliphatic carbocycles. The van der Waals surface area contributed by atoms with E-state index in [0.29, 0.717) is 6.54 Å². The lowest BCUT2D eigenvalue weighted by molar-refractivity contribution is 0.856. The number of nitrogens with zero attached hydrogens (tertiary/aromatic N) is 3. The van der Waals surface area contributed by atoms with Gasteiger partial charge in [-0.2, -0.15) is 0 Å². The van der Waals surface area contributed by atoms with Gasteiger partial charge >= 0.3 is 0 Å². The smallest absolute Gasteiger partial charge is 0.132 e. The summed E-state index contributed by atoms with van der Waals surface area (Å²) in [6, 6.07) is 16.5. The van der Waals surface area contributed by atoms with Crippen molar-refractivity contribution in [2.75, 3.05) is 17.2 Å². The summed E-state index contributed by atoms with van der Waals surface area (Å²) in [7, 11) is 0. The number of aromatic nitrogens is 3. The van der Waals surface area contributed by atoms with Crippen LogP contribution in [-0.2, 0) is 13.0 Å². The number of nitrogens with one attached hydrogen (secondary N) is 2. The Morgan fingerprint density at radius 2 is 1.64 bits per heavy atom. The monoisotopic (exact) mass is 333 g/mol. The van der Waals surface area contributed by atoms with Crippen molar-refractivity contribution in [1.82, 2.24) is 15.0 Å². The van der Waals surface area contributed by atoms with Crippen LogP contribution in [0.4, 0.5) is 11.6 Å². The highest BCUT2D eigenvalue weighted by atomic mass is 15.1. The van der Waals surface area contributed by atoms with Crippen LogP contribution >= 0.6 is 0 Å². The van der Waals surface area contributed by atoms with E-state index in [1.165, 1.54) is 5.56 Å². The zero-order valence-corrected chi connectivity index (χ0v) is 14.4. The first-order valence-electron chi connectivity index (χ1n) is 8.56. The molecule has 5 heteroatoms. The third kappa shape index (κ3) is 5.57. The van der Waals surface area contributed by atoms with E-state index in [0.717, 1.165) is 42.4 Å². The molecule has 0 aliphatic rings. The fraction of sp³-hybridized carbons (Fsp3) is 0.250. The summed E-state index contributed by atoms with van der Waals surface area (Å²) < 4.78 is 0. The molecular formula is C20H23N5. The Morgan fingerprint density at radius 1 is 0.880 bits per heavy atom. The van der Waals surface area contributed by atoms with Gasteiger partial charge in [-0.15, -0.1) is 0 Å². The van der Waals surface area contributed by atoms with E-state index in [2.05, 4.69) is 49.9 Å². The molecule has 0 radical (unpaired) electrons. The zero-order valence-electron chi connectivity index (χ0n) is 14.4. The highest BCUT2D eigenvalue weighted by Gasteiger charge is 2.02. The SMILES string of the molecule is Cc1nc(NCCCc2ccccc2)cc(NCc2cccnc2)n1. The van der Waals surface area contributed by atoms with E-state index in [1.807, 2.05) is 37.4 Å². The number of pyridine rings is 1. The quantitative estimate of drug-likeness (QED) is 0.613. The molecule has 0 spiro atoms. The molecule has 0 unspecified atom stereocenters. The van der Waals surface area contributed by atoms with Crippen LogP contribution in [0.15, 0.2) is 60.9 Å². The topological polar surface area (TPSA) is 62.7 Å². The van der Waals surface area contributed by atoms with E-state index in [1.54, 1.807) is 6.20 Å². The van der Waals surface area contributed by atoms with Crippen LogP contribution in [0.5, 0.6) is 0 Å². The third-order valence-electron chi connectivity index (χ3n) is 3.83. The molecule has 0 fully saturated rings. The Bertz CT molecular complexity index is 775. The minimum atomic E-state index is 0.692. The van der Waals surface area contributed by atoms with Gasteiger partial charge in [0.2, 0.25) is 0 Å². The van der Waals surface area contributed by atoms with Gasteiger partial charge in [-0.3, -0.25) is 4.98 Å². The summed E-state index contributed by atoms with van der Waals surface area (Å²) in [5.41, 5.74) is 2.48. The Kier molecular flexibility index (Phi) is 5.93. The van der Waals surface area contributed by atoms with Crippen molar-refractivity contribution in [3.8, 4) is 0 Å². The molecule has 2 heterocycles. The third-order valence-corrected chi connectivity index (χ3v) is 3.83. The summed E-state index contributed by atoms with van der Waals surface area (Å²) in [6.45, 7) is 3.48. The van der Waals surface area contributed by atoms with Crippen LogP contribution in [0, 0.1) is 6.92 Å². The normalized spacial score (nSPS) is 10.4. The van der Waals surface area contributed by atoms with Gasteiger partial charge in [-0.05, 0) is 37.0 Å². The van der Waals surface area contributed by atoms with Gasteiger partial charge in [0.05, 0.1) is 0 Å². The summed E-state index contributed by atoms with van der Waals surface area (Å²) in [5.74, 6) is 2.43. The molecule has 2 aromatic heterocycles.